The molecule has 20 heavy (non-hydrogen) atoms. The van der Waals surface area contributed by atoms with E-state index < -0.39 is 0 Å². The molecule has 1 aromatic heterocycles. The molecular formula is C16H24BrNOS. The molecule has 2 atom stereocenters. The number of hydrogen-bond donors (Lipinski definition) is 1. The molecule has 0 unspecified atom stereocenters. The lowest BCUT2D eigenvalue weighted by molar-refractivity contribution is -0.116. The van der Waals surface area contributed by atoms with Gasteiger partial charge < -0.3 is 10.0 Å². The normalized spacial score (nSPS) is 36.0. The van der Waals surface area contributed by atoms with E-state index in [1.807, 2.05) is 11.3 Å². The number of fused-ring (bicyclic) bond motifs is 2. The zero-order chi connectivity index (χ0) is 15.5. The Bertz CT molecular complexity index is 555. The van der Waals surface area contributed by atoms with Gasteiger partial charge in [0.15, 0.2) is 0 Å². The quantitative estimate of drug-likeness (QED) is 0.738. The van der Waals surface area contributed by atoms with Gasteiger partial charge in [0.25, 0.3) is 0 Å². The summed E-state index contributed by atoms with van der Waals surface area (Å²) in [5, 5.41) is 1.79. The third kappa shape index (κ3) is 2.29. The van der Waals surface area contributed by atoms with Gasteiger partial charge in [-0.05, 0) is 59.3 Å². The second-order valence-electron chi connectivity index (χ2n) is 7.31. The molecule has 0 aliphatic carbocycles. The van der Waals surface area contributed by atoms with E-state index in [1.165, 1.54) is 14.2 Å². The Labute approximate surface area is 135 Å². The molecule has 112 valence electrons. The Morgan fingerprint density at radius 3 is 2.95 bits per heavy atom. The monoisotopic (exact) mass is 358 g/mol. The van der Waals surface area contributed by atoms with Crippen molar-refractivity contribution in [3.05, 3.63) is 20.3 Å². The molecule has 1 fully saturated rings. The van der Waals surface area contributed by atoms with Gasteiger partial charge in [-0.3, -0.25) is 0 Å². The number of rotatable bonds is 0. The molecule has 2 nitrogen and oxygen atoms in total. The number of ether oxygens (including phenoxy) is 1. The predicted molar refractivity (Wildman–Crippen MR) is 88.4 cm³/mol. The van der Waals surface area contributed by atoms with Crippen LogP contribution in [-0.4, -0.2) is 18.7 Å². The summed E-state index contributed by atoms with van der Waals surface area (Å²) in [4.78, 5) is 1.46. The van der Waals surface area contributed by atoms with E-state index in [1.54, 1.807) is 5.31 Å². The Hall–Kier alpha value is 0.100. The van der Waals surface area contributed by atoms with Crippen LogP contribution < -0.4 is 5.31 Å². The lowest BCUT2D eigenvalue weighted by atomic mass is 9.64. The number of halogens is 1. The zero-order valence-corrected chi connectivity index (χ0v) is 15.2. The first-order valence-corrected chi connectivity index (χ1v) is 8.98. The fourth-order valence-corrected chi connectivity index (χ4v) is 5.19. The molecule has 2 aliphatic rings. The van der Waals surface area contributed by atoms with E-state index in [2.05, 4.69) is 49.7 Å². The van der Waals surface area contributed by atoms with Crippen LogP contribution >= 0.6 is 27.3 Å². The van der Waals surface area contributed by atoms with Gasteiger partial charge in [0, 0.05) is 16.8 Å². The lowest BCUT2D eigenvalue weighted by Gasteiger charge is -2.54. The summed E-state index contributed by atoms with van der Waals surface area (Å²) in [6, 6.07) is 2.25. The summed E-state index contributed by atoms with van der Waals surface area (Å²) < 4.78 is 16.0. The fourth-order valence-electron chi connectivity index (χ4n) is 3.42. The number of piperidine rings is 1. The second-order valence-corrected chi connectivity index (χ2v) is 9.83. The minimum absolute atomic E-state index is 0.0381. The molecule has 4 heteroatoms. The van der Waals surface area contributed by atoms with Gasteiger partial charge in [-0.1, -0.05) is 20.8 Å². The van der Waals surface area contributed by atoms with Gasteiger partial charge in [0.2, 0.25) is 0 Å². The molecule has 2 aliphatic heterocycles. The van der Waals surface area contributed by atoms with Crippen molar-refractivity contribution in [2.24, 2.45) is 5.41 Å². The van der Waals surface area contributed by atoms with Gasteiger partial charge in [0.05, 0.1) is 16.0 Å². The van der Waals surface area contributed by atoms with Crippen LogP contribution in [0.5, 0.6) is 0 Å². The van der Waals surface area contributed by atoms with Crippen molar-refractivity contribution in [1.29, 1.82) is 0 Å². The summed E-state index contributed by atoms with van der Waals surface area (Å²) in [5.41, 5.74) is 1.02. The van der Waals surface area contributed by atoms with Crippen LogP contribution in [0.4, 0.5) is 0 Å². The standard InChI is InChI=1S/C16H24BrNOS/c1-14(2,3)15(4)10-16(6-7-18-15)11-9-13(17)20-12(11)5-8-19-16/h9,18H,5-8,10H2,1-4H3/t15-,16+/m0/s1/i/hD. The molecular weight excluding hydrogens is 334 g/mol. The Balaban J connectivity index is 2.04. The number of thiophene rings is 1. The maximum Gasteiger partial charge on any atom is 0.123 e. The number of hydrogen-bond acceptors (Lipinski definition) is 3. The van der Waals surface area contributed by atoms with Crippen molar-refractivity contribution < 1.29 is 6.15 Å². The van der Waals surface area contributed by atoms with Crippen molar-refractivity contribution >= 4 is 27.3 Å². The van der Waals surface area contributed by atoms with E-state index in [-0.39, 0.29) is 16.6 Å². The van der Waals surface area contributed by atoms with Crippen LogP contribution in [0.2, 0.25) is 1.41 Å². The maximum absolute atomic E-state index is 8.44. The van der Waals surface area contributed by atoms with Crippen LogP contribution in [0.15, 0.2) is 9.85 Å². The van der Waals surface area contributed by atoms with Crippen LogP contribution in [0, 0.1) is 5.41 Å². The lowest BCUT2D eigenvalue weighted by Crippen LogP contribution is -2.61. The van der Waals surface area contributed by atoms with Crippen molar-refractivity contribution in [3.63, 3.8) is 0 Å². The Morgan fingerprint density at radius 2 is 2.25 bits per heavy atom. The predicted octanol–water partition coefficient (Wildman–Crippen LogP) is 4.47. The van der Waals surface area contributed by atoms with E-state index in [9.17, 15) is 0 Å². The van der Waals surface area contributed by atoms with Gasteiger partial charge >= 0.3 is 0 Å². The zero-order valence-electron chi connectivity index (χ0n) is 13.8. The van der Waals surface area contributed by atoms with Crippen molar-refractivity contribution in [2.75, 3.05) is 13.2 Å². The second kappa shape index (κ2) is 4.80. The highest BCUT2D eigenvalue weighted by atomic mass is 79.9. The van der Waals surface area contributed by atoms with Crippen molar-refractivity contribution in [2.45, 2.75) is 58.1 Å². The highest BCUT2D eigenvalue weighted by Crippen LogP contribution is 2.50. The smallest absolute Gasteiger partial charge is 0.123 e. The molecule has 0 radical (unpaired) electrons. The largest absolute Gasteiger partial charge is 0.370 e. The van der Waals surface area contributed by atoms with Crippen LogP contribution in [0.25, 0.3) is 0 Å². The van der Waals surface area contributed by atoms with Crippen LogP contribution in [0.1, 0.15) is 51.0 Å². The summed E-state index contributed by atoms with van der Waals surface area (Å²) in [6.07, 6.45) is 2.83. The van der Waals surface area contributed by atoms with Crippen LogP contribution in [0.3, 0.4) is 0 Å². The molecule has 1 N–H and O–H groups in total. The summed E-state index contributed by atoms with van der Waals surface area (Å²) in [6.45, 7) is 10.5. The molecule has 0 aromatic carbocycles. The summed E-state index contributed by atoms with van der Waals surface area (Å²) in [7, 11) is 0. The van der Waals surface area contributed by atoms with Crippen molar-refractivity contribution in [1.82, 2.24) is 5.31 Å². The molecule has 3 heterocycles. The summed E-state index contributed by atoms with van der Waals surface area (Å²) >= 11 is 5.48. The molecule has 1 aromatic rings. The van der Waals surface area contributed by atoms with E-state index in [4.69, 9.17) is 6.15 Å². The first kappa shape index (κ1) is 13.7. The molecule has 1 saturated heterocycles. The average molecular weight is 359 g/mol. The minimum Gasteiger partial charge on any atom is -0.370 e. The third-order valence-electron chi connectivity index (χ3n) is 5.20. The van der Waals surface area contributed by atoms with Gasteiger partial charge in [-0.25, -0.2) is 0 Å². The van der Waals surface area contributed by atoms with E-state index >= 15 is 0 Å². The molecule has 0 bridgehead atoms. The molecule has 3 rings (SSSR count). The summed E-state index contributed by atoms with van der Waals surface area (Å²) in [5.74, 6) is 0. The molecule has 0 amide bonds. The van der Waals surface area contributed by atoms with E-state index in [0.717, 1.165) is 32.4 Å². The third-order valence-corrected chi connectivity index (χ3v) is 6.90. The van der Waals surface area contributed by atoms with E-state index in [0.29, 0.717) is 0 Å². The fraction of sp³-hybridized carbons (Fsp3) is 0.750. The average Bonchev–Trinajstić information content (AvgIpc) is 2.75. The number of nitrogens with one attached hydrogen (secondary N) is 1. The van der Waals surface area contributed by atoms with Gasteiger partial charge in [0.1, 0.15) is 1.41 Å². The first-order valence-electron chi connectivity index (χ1n) is 7.82. The Morgan fingerprint density at radius 1 is 1.50 bits per heavy atom. The SMILES string of the molecule is [2H]N1CC[C@]2(C[C@@]1(C)C(C)(C)C)OCCc1sc(Br)cc12. The highest BCUT2D eigenvalue weighted by molar-refractivity contribution is 9.11. The maximum atomic E-state index is 8.44. The minimum atomic E-state index is -0.199. The molecule has 1 spiro atoms. The van der Waals surface area contributed by atoms with Gasteiger partial charge in [-0.15, -0.1) is 11.3 Å². The molecule has 0 saturated carbocycles. The van der Waals surface area contributed by atoms with Gasteiger partial charge in [-0.2, -0.15) is 0 Å². The van der Waals surface area contributed by atoms with Crippen LogP contribution in [-0.2, 0) is 16.8 Å². The van der Waals surface area contributed by atoms with Crippen molar-refractivity contribution in [3.8, 4) is 0 Å². The highest BCUT2D eigenvalue weighted by Gasteiger charge is 2.51. The topological polar surface area (TPSA) is 21.3 Å². The first-order chi connectivity index (χ1) is 9.68. The Kier molecular flexibility index (Phi) is 3.30.